The molecule has 0 aliphatic heterocycles. The zero-order valence-corrected chi connectivity index (χ0v) is 67.9. The fraction of sp³-hybridized carbons (Fsp3) is 0.296. The van der Waals surface area contributed by atoms with Crippen LogP contribution >= 0.6 is 0 Å². The Morgan fingerprint density at radius 3 is 0.755 bits per heavy atom. The smallest absolute Gasteiger partial charge is 0.0541 e. The van der Waals surface area contributed by atoms with Gasteiger partial charge in [0, 0.05) is 32.9 Å². The topological polar surface area (TPSA) is 9.86 Å². The number of nitrogens with zero attached hydrogens (tertiary/aromatic N) is 2. The third-order valence-corrected chi connectivity index (χ3v) is 25.1. The van der Waals surface area contributed by atoms with E-state index in [0.29, 0.717) is 11.8 Å². The van der Waals surface area contributed by atoms with Gasteiger partial charge in [0.2, 0.25) is 0 Å². The van der Waals surface area contributed by atoms with Crippen molar-refractivity contribution in [2.75, 3.05) is 0 Å². The Balaban J connectivity index is 0.000000162. The van der Waals surface area contributed by atoms with E-state index in [1.165, 1.54) is 246 Å². The third kappa shape index (κ3) is 13.3. The fourth-order valence-electron chi connectivity index (χ4n) is 18.8. The summed E-state index contributed by atoms with van der Waals surface area (Å²) in [5.41, 5.74) is 28.1. The number of aromatic nitrogens is 2. The molecule has 2 heteroatoms. The molecular formula is C108H110N2. The van der Waals surface area contributed by atoms with Crippen LogP contribution in [0.15, 0.2) is 261 Å². The lowest BCUT2D eigenvalue weighted by Crippen LogP contribution is -2.16. The Hall–Kier alpha value is -10.3. The minimum Gasteiger partial charge on any atom is -0.309 e. The van der Waals surface area contributed by atoms with E-state index in [9.17, 15) is 0 Å². The first-order valence-corrected chi connectivity index (χ1v) is 41.3. The zero-order chi connectivity index (χ0) is 76.3. The van der Waals surface area contributed by atoms with Crippen molar-refractivity contribution in [3.05, 3.63) is 300 Å². The standard InChI is InChI=1S/C58H61N.C50H49N/c1-57(2,3)44-33-43(34-45(37-44)58(4,5)6)56-49-23-15-13-21-47(49)55(48-22-14-16-24-50(48)56)40-25-29-46(30-26-40)59-53-31-27-41(38-17-9-7-10-18-38)35-51(53)52-36-42(28-32-54(52)59)39-19-11-8-12-20-39;1-48(2,3)34-22-18-32(19-23-34)46-38-14-10-12-16-40(38)47(41-17-13-11-15-39(41)46)33-20-26-37(27-21-33)51-44-28-24-35(49(4,5)6)30-42(44)43-31-36(50(7,8)9)25-29-45(43)51/h13-16,21-39H,7-12,17-20H2,1-6H3;10-31H,1-9H3. The molecule has 0 amide bonds. The van der Waals surface area contributed by atoms with E-state index in [1.807, 2.05) is 0 Å². The van der Waals surface area contributed by atoms with Crippen molar-refractivity contribution in [1.82, 2.24) is 9.13 Å². The largest absolute Gasteiger partial charge is 0.309 e. The normalized spacial score (nSPS) is 14.6. The van der Waals surface area contributed by atoms with E-state index in [1.54, 1.807) is 0 Å². The highest BCUT2D eigenvalue weighted by Gasteiger charge is 2.28. The molecule has 0 bridgehead atoms. The molecule has 0 atom stereocenters. The van der Waals surface area contributed by atoms with Crippen LogP contribution in [0.5, 0.6) is 0 Å². The van der Waals surface area contributed by atoms with Crippen LogP contribution in [-0.2, 0) is 27.1 Å². The van der Waals surface area contributed by atoms with E-state index in [0.717, 1.165) is 0 Å². The first-order valence-electron chi connectivity index (χ1n) is 41.3. The van der Waals surface area contributed by atoms with Gasteiger partial charge in [-0.3, -0.25) is 0 Å². The van der Waals surface area contributed by atoms with E-state index in [4.69, 9.17) is 0 Å². The van der Waals surface area contributed by atoms with Gasteiger partial charge in [-0.1, -0.05) is 330 Å². The van der Waals surface area contributed by atoms with Crippen molar-refractivity contribution in [2.24, 2.45) is 0 Å². The Kier molecular flexibility index (Phi) is 18.4. The van der Waals surface area contributed by atoms with Crippen molar-refractivity contribution in [3.8, 4) is 55.9 Å². The minimum absolute atomic E-state index is 0.0367. The molecule has 2 heterocycles. The molecule has 16 aromatic rings. The summed E-state index contributed by atoms with van der Waals surface area (Å²) < 4.78 is 4.99. The maximum Gasteiger partial charge on any atom is 0.0541 e. The van der Waals surface area contributed by atoms with Crippen molar-refractivity contribution in [3.63, 3.8) is 0 Å². The second-order valence-corrected chi connectivity index (χ2v) is 37.8. The molecule has 2 nitrogen and oxygen atoms in total. The predicted octanol–water partition coefficient (Wildman–Crippen LogP) is 31.4. The number of hydrogen-bond acceptors (Lipinski definition) is 0. The van der Waals surface area contributed by atoms with Gasteiger partial charge in [0.1, 0.15) is 0 Å². The number of hydrogen-bond donors (Lipinski definition) is 0. The monoisotopic (exact) mass is 1430 g/mol. The van der Waals surface area contributed by atoms with Crippen molar-refractivity contribution >= 4 is 86.7 Å². The van der Waals surface area contributed by atoms with Crippen LogP contribution in [0, 0.1) is 0 Å². The molecule has 14 aromatic carbocycles. The quantitative estimate of drug-likeness (QED) is 0.134. The summed E-state index contributed by atoms with van der Waals surface area (Å²) >= 11 is 0. The van der Waals surface area contributed by atoms with Crippen LogP contribution in [0.25, 0.3) is 143 Å². The number of benzene rings is 14. The van der Waals surface area contributed by atoms with Crippen LogP contribution in [0.4, 0.5) is 0 Å². The molecule has 2 fully saturated rings. The molecule has 18 rings (SSSR count). The Morgan fingerprint density at radius 2 is 0.464 bits per heavy atom. The summed E-state index contributed by atoms with van der Waals surface area (Å²) in [6, 6.07) is 101. The molecule has 110 heavy (non-hydrogen) atoms. The first-order chi connectivity index (χ1) is 52.7. The van der Waals surface area contributed by atoms with Gasteiger partial charge in [0.25, 0.3) is 0 Å². The fourth-order valence-corrected chi connectivity index (χ4v) is 18.8. The highest BCUT2D eigenvalue weighted by atomic mass is 15.0. The molecule has 0 radical (unpaired) electrons. The molecule has 2 saturated carbocycles. The lowest BCUT2D eigenvalue weighted by molar-refractivity contribution is 0.444. The van der Waals surface area contributed by atoms with E-state index in [2.05, 4.69) is 374 Å². The molecule has 0 N–H and O–H groups in total. The van der Waals surface area contributed by atoms with Crippen molar-refractivity contribution < 1.29 is 0 Å². The Morgan fingerprint density at radius 1 is 0.209 bits per heavy atom. The summed E-state index contributed by atoms with van der Waals surface area (Å²) in [5.74, 6) is 1.37. The van der Waals surface area contributed by atoms with Gasteiger partial charge in [0.15, 0.2) is 0 Å². The number of fused-ring (bicyclic) bond motifs is 10. The Bertz CT molecular complexity index is 5900. The third-order valence-electron chi connectivity index (χ3n) is 25.1. The first kappa shape index (κ1) is 72.6. The summed E-state index contributed by atoms with van der Waals surface area (Å²) in [4.78, 5) is 0. The SMILES string of the molecule is CC(C)(C)c1cc(-c2c3ccccc3c(-c3ccc(-n4c5ccc(C6CCCCC6)cc5c5cc(C6CCCCC6)ccc54)cc3)c3ccccc23)cc(C(C)(C)C)c1.CC(C)(C)c1ccc(-c2c3ccccc3c(-c3ccc(-n4c5ccc(C(C)(C)C)cc5c5cc(C(C)(C)C)ccc54)cc3)c3ccccc23)cc1. The van der Waals surface area contributed by atoms with Crippen molar-refractivity contribution in [2.45, 2.75) is 207 Å². The molecule has 0 unspecified atom stereocenters. The number of rotatable bonds is 8. The average molecular weight is 1440 g/mol. The molecule has 2 aliphatic carbocycles. The summed E-state index contributed by atoms with van der Waals surface area (Å²) in [6.07, 6.45) is 13.5. The van der Waals surface area contributed by atoms with Crippen LogP contribution in [0.1, 0.15) is 219 Å². The van der Waals surface area contributed by atoms with Crippen LogP contribution in [0.3, 0.4) is 0 Å². The maximum atomic E-state index is 2.57. The van der Waals surface area contributed by atoms with E-state index >= 15 is 0 Å². The van der Waals surface area contributed by atoms with Gasteiger partial charge in [-0.25, -0.2) is 0 Å². The molecule has 0 saturated heterocycles. The van der Waals surface area contributed by atoms with Crippen LogP contribution in [0.2, 0.25) is 0 Å². The lowest BCUT2D eigenvalue weighted by Gasteiger charge is -2.27. The highest BCUT2D eigenvalue weighted by molar-refractivity contribution is 6.23. The molecule has 552 valence electrons. The molecule has 2 aromatic heterocycles. The molecule has 2 aliphatic rings. The van der Waals surface area contributed by atoms with Crippen LogP contribution < -0.4 is 0 Å². The van der Waals surface area contributed by atoms with Gasteiger partial charge >= 0.3 is 0 Å². The van der Waals surface area contributed by atoms with Gasteiger partial charge < -0.3 is 9.13 Å². The summed E-state index contributed by atoms with van der Waals surface area (Å²) in [5, 5.41) is 15.8. The van der Waals surface area contributed by atoms with E-state index in [-0.39, 0.29) is 27.1 Å². The highest BCUT2D eigenvalue weighted by Crippen LogP contribution is 2.50. The van der Waals surface area contributed by atoms with Crippen molar-refractivity contribution in [1.29, 1.82) is 0 Å². The second kappa shape index (κ2) is 27.9. The van der Waals surface area contributed by atoms with Gasteiger partial charge in [-0.15, -0.1) is 0 Å². The predicted molar refractivity (Wildman–Crippen MR) is 478 cm³/mol. The lowest BCUT2D eigenvalue weighted by atomic mass is 9.77. The second-order valence-electron chi connectivity index (χ2n) is 37.8. The van der Waals surface area contributed by atoms with E-state index < -0.39 is 0 Å². The average Bonchev–Trinajstić information content (AvgIpc) is 0.989. The Labute approximate surface area is 654 Å². The summed E-state index contributed by atoms with van der Waals surface area (Å²) in [6.45, 7) is 34.7. The van der Waals surface area contributed by atoms with Gasteiger partial charge in [-0.05, 0) is 264 Å². The minimum atomic E-state index is 0.0367. The zero-order valence-electron chi connectivity index (χ0n) is 67.9. The van der Waals surface area contributed by atoms with Gasteiger partial charge in [-0.2, -0.15) is 0 Å². The summed E-state index contributed by atoms with van der Waals surface area (Å²) in [7, 11) is 0. The molecular weight excluding hydrogens is 1330 g/mol. The van der Waals surface area contributed by atoms with Gasteiger partial charge in [0.05, 0.1) is 22.1 Å². The maximum absolute atomic E-state index is 2.57. The molecule has 0 spiro atoms. The van der Waals surface area contributed by atoms with Crippen LogP contribution in [-0.4, -0.2) is 9.13 Å².